The van der Waals surface area contributed by atoms with Gasteiger partial charge in [0.2, 0.25) is 0 Å². The van der Waals surface area contributed by atoms with Gasteiger partial charge in [-0.25, -0.2) is 0 Å². The second kappa shape index (κ2) is 33.7. The first kappa shape index (κ1) is 26.7. The van der Waals surface area contributed by atoms with Gasteiger partial charge in [0, 0.05) is 0 Å². The van der Waals surface area contributed by atoms with Crippen molar-refractivity contribution in [3.8, 4) is 0 Å². The van der Waals surface area contributed by atoms with Crippen molar-refractivity contribution in [1.29, 1.82) is 0 Å². The lowest BCUT2D eigenvalue weighted by Gasteiger charge is -1.55. The molecule has 0 heterocycles. The lowest BCUT2D eigenvalue weighted by molar-refractivity contribution is 0.330. The number of hydrogen-bond donors (Lipinski definition) is 4. The van der Waals surface area contributed by atoms with Crippen LogP contribution in [-0.4, -0.2) is 18.8 Å². The third-order valence-corrected chi connectivity index (χ3v) is 0. The van der Waals surface area contributed by atoms with Crippen molar-refractivity contribution >= 4 is 9.17 Å². The van der Waals surface area contributed by atoms with Crippen LogP contribution in [0.2, 0.25) is 0 Å². The van der Waals surface area contributed by atoms with Crippen LogP contribution in [0.15, 0.2) is 13.2 Å². The third-order valence-electron chi connectivity index (χ3n) is 0. The molecule has 0 spiro atoms. The molecule has 0 unspecified atom stereocenters. The SMILES string of the molecule is C=C.N.N.O=[Si](O)O. The van der Waals surface area contributed by atoms with Crippen LogP contribution in [-0.2, 0) is 4.46 Å². The van der Waals surface area contributed by atoms with Gasteiger partial charge in [-0.05, 0) is 0 Å². The molecule has 0 atom stereocenters. The van der Waals surface area contributed by atoms with Gasteiger partial charge >= 0.3 is 9.17 Å². The average molecular weight is 140 g/mol. The minimum Gasteiger partial charge on any atom is -0.511 e. The predicted molar refractivity (Wildman–Crippen MR) is 32.2 cm³/mol. The fraction of sp³-hybridized carbons (Fsp3) is 0. The molecular formula is C2H12N2O3Si. The Morgan fingerprint density at radius 1 is 1.12 bits per heavy atom. The van der Waals surface area contributed by atoms with Gasteiger partial charge in [-0.2, -0.15) is 0 Å². The molecule has 8 N–H and O–H groups in total. The van der Waals surface area contributed by atoms with Gasteiger partial charge in [0.15, 0.2) is 0 Å². The van der Waals surface area contributed by atoms with Gasteiger partial charge < -0.3 is 21.9 Å². The van der Waals surface area contributed by atoms with Crippen LogP contribution in [0.25, 0.3) is 0 Å². The van der Waals surface area contributed by atoms with Crippen LogP contribution in [0, 0.1) is 0 Å². The Bertz CT molecular complexity index is 46.5. The Kier molecular flexibility index (Phi) is 113. The van der Waals surface area contributed by atoms with E-state index in [2.05, 4.69) is 13.2 Å². The zero-order chi connectivity index (χ0) is 5.58. The molecule has 0 rings (SSSR count). The quantitative estimate of drug-likeness (QED) is 0.267. The average Bonchev–Trinajstić information content (AvgIpc) is 1.41. The second-order valence-corrected chi connectivity index (χ2v) is 0.848. The van der Waals surface area contributed by atoms with Gasteiger partial charge in [-0.1, -0.05) is 0 Å². The Balaban J connectivity index is -0.0000000183. The van der Waals surface area contributed by atoms with Crippen molar-refractivity contribution in [2.45, 2.75) is 0 Å². The number of hydrogen-bond acceptors (Lipinski definition) is 3. The van der Waals surface area contributed by atoms with Crippen molar-refractivity contribution in [3.05, 3.63) is 13.2 Å². The Morgan fingerprint density at radius 3 is 1.12 bits per heavy atom. The summed E-state index contributed by atoms with van der Waals surface area (Å²) in [6.07, 6.45) is 0. The van der Waals surface area contributed by atoms with E-state index in [1.165, 1.54) is 0 Å². The van der Waals surface area contributed by atoms with Gasteiger partial charge in [0.05, 0.1) is 0 Å². The van der Waals surface area contributed by atoms with E-state index in [4.69, 9.17) is 14.1 Å². The topological polar surface area (TPSA) is 128 Å². The van der Waals surface area contributed by atoms with Gasteiger partial charge in [-0.15, -0.1) is 13.2 Å². The summed E-state index contributed by atoms with van der Waals surface area (Å²) >= 11 is 0. The van der Waals surface area contributed by atoms with Crippen LogP contribution >= 0.6 is 0 Å². The smallest absolute Gasteiger partial charge is 0.511 e. The third kappa shape index (κ3) is 185. The summed E-state index contributed by atoms with van der Waals surface area (Å²) < 4.78 is 8.74. The molecule has 0 saturated carbocycles. The molecule has 0 aromatic carbocycles. The summed E-state index contributed by atoms with van der Waals surface area (Å²) in [4.78, 5) is 14.3. The highest BCUT2D eigenvalue weighted by molar-refractivity contribution is 6.22. The van der Waals surface area contributed by atoms with E-state index < -0.39 is 9.17 Å². The first-order valence-corrected chi connectivity index (χ1v) is 2.45. The van der Waals surface area contributed by atoms with Gasteiger partial charge in [0.1, 0.15) is 0 Å². The highest BCUT2D eigenvalue weighted by Gasteiger charge is 1.85. The highest BCUT2D eigenvalue weighted by atomic mass is 28.3. The van der Waals surface area contributed by atoms with Crippen LogP contribution < -0.4 is 12.3 Å². The van der Waals surface area contributed by atoms with Gasteiger partial charge in [-0.3, -0.25) is 4.46 Å². The van der Waals surface area contributed by atoms with E-state index >= 15 is 0 Å². The van der Waals surface area contributed by atoms with Crippen molar-refractivity contribution in [3.63, 3.8) is 0 Å². The molecule has 0 amide bonds. The molecule has 0 radical (unpaired) electrons. The first-order valence-electron chi connectivity index (χ1n) is 1.15. The Hall–Kier alpha value is -0.723. The maximum atomic E-state index is 8.74. The molecule has 8 heavy (non-hydrogen) atoms. The van der Waals surface area contributed by atoms with E-state index in [9.17, 15) is 0 Å². The molecule has 0 aromatic rings. The summed E-state index contributed by atoms with van der Waals surface area (Å²) in [5, 5.41) is 0. The largest absolute Gasteiger partial charge is 0.761 e. The molecular weight excluding hydrogens is 128 g/mol. The summed E-state index contributed by atoms with van der Waals surface area (Å²) in [7, 11) is -3.13. The summed E-state index contributed by atoms with van der Waals surface area (Å²) in [6.45, 7) is 6.00. The van der Waals surface area contributed by atoms with Crippen molar-refractivity contribution < 1.29 is 14.1 Å². The molecule has 0 saturated heterocycles. The molecule has 52 valence electrons. The second-order valence-electron chi connectivity index (χ2n) is 0.283. The lowest BCUT2D eigenvalue weighted by Crippen LogP contribution is -1.90. The van der Waals surface area contributed by atoms with Gasteiger partial charge in [0.25, 0.3) is 0 Å². The van der Waals surface area contributed by atoms with Crippen molar-refractivity contribution in [2.24, 2.45) is 0 Å². The summed E-state index contributed by atoms with van der Waals surface area (Å²) in [5.74, 6) is 0. The van der Waals surface area contributed by atoms with E-state index in [0.29, 0.717) is 0 Å². The molecule has 0 bridgehead atoms. The Labute approximate surface area is 49.7 Å². The molecule has 5 nitrogen and oxygen atoms in total. The minimum absolute atomic E-state index is 0. The standard InChI is InChI=1S/C2H4.2H3N.H2O3Si/c1-2;;;1-4(2)3/h1-2H2;2*1H3;1-2H. The minimum atomic E-state index is -3.13. The first-order chi connectivity index (χ1) is 2.73. The van der Waals surface area contributed by atoms with Crippen LogP contribution in [0.5, 0.6) is 0 Å². The Morgan fingerprint density at radius 2 is 1.12 bits per heavy atom. The van der Waals surface area contributed by atoms with E-state index in [1.54, 1.807) is 0 Å². The zero-order valence-electron chi connectivity index (χ0n) is 4.63. The van der Waals surface area contributed by atoms with Crippen molar-refractivity contribution in [1.82, 2.24) is 12.3 Å². The molecule has 0 fully saturated rings. The molecule has 0 aliphatic carbocycles. The molecule has 6 heteroatoms. The van der Waals surface area contributed by atoms with E-state index in [-0.39, 0.29) is 12.3 Å². The maximum absolute atomic E-state index is 8.74. The normalized spacial score (nSPS) is 3.50. The van der Waals surface area contributed by atoms with E-state index in [1.807, 2.05) is 0 Å². The zero-order valence-corrected chi connectivity index (χ0v) is 5.63. The van der Waals surface area contributed by atoms with Crippen LogP contribution in [0.4, 0.5) is 0 Å². The highest BCUT2D eigenvalue weighted by Crippen LogP contribution is 1.27. The van der Waals surface area contributed by atoms with Crippen molar-refractivity contribution in [2.75, 3.05) is 0 Å². The monoisotopic (exact) mass is 140 g/mol. The fourth-order valence-corrected chi connectivity index (χ4v) is 0. The van der Waals surface area contributed by atoms with E-state index in [0.717, 1.165) is 0 Å². The number of rotatable bonds is 0. The van der Waals surface area contributed by atoms with Crippen LogP contribution in [0.1, 0.15) is 0 Å². The summed E-state index contributed by atoms with van der Waals surface area (Å²) in [5.41, 5.74) is 0. The lowest BCUT2D eigenvalue weighted by atomic mass is 11.3. The fourth-order valence-electron chi connectivity index (χ4n) is 0. The molecule has 0 aromatic heterocycles. The maximum Gasteiger partial charge on any atom is 0.761 e. The van der Waals surface area contributed by atoms with Crippen LogP contribution in [0.3, 0.4) is 0 Å². The summed E-state index contributed by atoms with van der Waals surface area (Å²) in [6, 6.07) is 0. The molecule has 0 aliphatic heterocycles. The predicted octanol–water partition coefficient (Wildman–Crippen LogP) is -0.487. The molecule has 0 aliphatic rings.